The summed E-state index contributed by atoms with van der Waals surface area (Å²) in [4.78, 5) is 0. The summed E-state index contributed by atoms with van der Waals surface area (Å²) in [6, 6.07) is 18.1. The van der Waals surface area contributed by atoms with Crippen molar-refractivity contribution in [1.82, 2.24) is 0 Å². The lowest BCUT2D eigenvalue weighted by Crippen LogP contribution is -2.37. The molecule has 0 aromatic heterocycles. The fourth-order valence-corrected chi connectivity index (χ4v) is 5.08. The Hall–Kier alpha value is -2.34. The van der Waals surface area contributed by atoms with Crippen molar-refractivity contribution < 1.29 is 0 Å². The van der Waals surface area contributed by atoms with Crippen LogP contribution in [0.15, 0.2) is 71.8 Å². The Balaban J connectivity index is 1.87. The van der Waals surface area contributed by atoms with Crippen LogP contribution in [0.2, 0.25) is 0 Å². The molecule has 0 nitrogen and oxygen atoms in total. The van der Waals surface area contributed by atoms with Gasteiger partial charge in [0.05, 0.1) is 0 Å². The first-order valence-corrected chi connectivity index (χ1v) is 11.2. The van der Waals surface area contributed by atoms with E-state index in [1.165, 1.54) is 40.0 Å². The second-order valence-electron chi connectivity index (χ2n) is 9.58. The third kappa shape index (κ3) is 3.78. The van der Waals surface area contributed by atoms with Gasteiger partial charge in [-0.25, -0.2) is 0 Å². The number of hydrogen-bond donors (Lipinski definition) is 0. The Labute approximate surface area is 176 Å². The van der Waals surface area contributed by atoms with Crippen LogP contribution in [0.3, 0.4) is 0 Å². The molecule has 0 spiro atoms. The average molecular weight is 383 g/mol. The third-order valence-electron chi connectivity index (χ3n) is 7.08. The number of fused-ring (bicyclic) bond motifs is 1. The topological polar surface area (TPSA) is 0 Å². The summed E-state index contributed by atoms with van der Waals surface area (Å²) in [7, 11) is 0. The normalized spacial score (nSPS) is 17.2. The standard InChI is InChI=1S/C29H34/c1-20(2)22-14-16-24(17-15-22)29(4,5)28-19-18-25(23-12-10-21(3)11-13-23)26-8-6-7-9-27(26)28/h6-14,16,20H,15,17-19H2,1-5H3. The second kappa shape index (κ2) is 7.82. The van der Waals surface area contributed by atoms with Crippen molar-refractivity contribution in [3.63, 3.8) is 0 Å². The maximum Gasteiger partial charge on any atom is 0.00765 e. The molecule has 0 bridgehead atoms. The van der Waals surface area contributed by atoms with Crippen molar-refractivity contribution in [2.75, 3.05) is 0 Å². The van der Waals surface area contributed by atoms with Crippen LogP contribution in [0.1, 0.15) is 64.5 Å². The summed E-state index contributed by atoms with van der Waals surface area (Å²) >= 11 is 0. The van der Waals surface area contributed by atoms with Crippen LogP contribution < -0.4 is 10.4 Å². The van der Waals surface area contributed by atoms with Crippen molar-refractivity contribution in [3.05, 3.63) is 93.4 Å². The highest BCUT2D eigenvalue weighted by atomic mass is 14.3. The van der Waals surface area contributed by atoms with E-state index in [1.807, 2.05) is 0 Å². The molecule has 0 N–H and O–H groups in total. The summed E-state index contributed by atoms with van der Waals surface area (Å²) in [5.74, 6) is 0.658. The second-order valence-corrected chi connectivity index (χ2v) is 9.58. The molecule has 2 aromatic carbocycles. The van der Waals surface area contributed by atoms with Gasteiger partial charge in [-0.05, 0) is 60.1 Å². The van der Waals surface area contributed by atoms with Crippen molar-refractivity contribution in [3.8, 4) is 0 Å². The number of hydrogen-bond acceptors (Lipinski definition) is 0. The Bertz CT molecular complexity index is 1090. The van der Waals surface area contributed by atoms with E-state index in [0.29, 0.717) is 5.92 Å². The fourth-order valence-electron chi connectivity index (χ4n) is 5.08. The molecule has 150 valence electrons. The first-order valence-electron chi connectivity index (χ1n) is 11.2. The van der Waals surface area contributed by atoms with E-state index in [1.54, 1.807) is 16.7 Å². The summed E-state index contributed by atoms with van der Waals surface area (Å²) in [6.07, 6.45) is 9.49. The van der Waals surface area contributed by atoms with Gasteiger partial charge in [-0.15, -0.1) is 0 Å². The van der Waals surface area contributed by atoms with Crippen LogP contribution in [-0.4, -0.2) is 0 Å². The first kappa shape index (κ1) is 20.0. The van der Waals surface area contributed by atoms with Crippen molar-refractivity contribution in [2.45, 2.75) is 60.3 Å². The zero-order valence-electron chi connectivity index (χ0n) is 18.7. The van der Waals surface area contributed by atoms with Gasteiger partial charge in [0.1, 0.15) is 0 Å². The number of aryl methyl sites for hydroxylation is 1. The number of allylic oxidation sites excluding steroid dienone is 4. The molecule has 0 radical (unpaired) electrons. The van der Waals surface area contributed by atoms with Crippen molar-refractivity contribution in [1.29, 1.82) is 0 Å². The van der Waals surface area contributed by atoms with Gasteiger partial charge in [0.25, 0.3) is 0 Å². The quantitative estimate of drug-likeness (QED) is 0.569. The molecule has 2 aliphatic carbocycles. The predicted molar refractivity (Wildman–Crippen MR) is 126 cm³/mol. The van der Waals surface area contributed by atoms with Crippen LogP contribution in [0.5, 0.6) is 0 Å². The molecule has 0 saturated carbocycles. The van der Waals surface area contributed by atoms with Gasteiger partial charge >= 0.3 is 0 Å². The van der Waals surface area contributed by atoms with Crippen LogP contribution >= 0.6 is 0 Å². The van der Waals surface area contributed by atoms with E-state index in [2.05, 4.69) is 95.3 Å². The van der Waals surface area contributed by atoms with Crippen LogP contribution in [0.4, 0.5) is 0 Å². The van der Waals surface area contributed by atoms with E-state index in [0.717, 1.165) is 12.8 Å². The van der Waals surface area contributed by atoms with Gasteiger partial charge in [0.15, 0.2) is 0 Å². The minimum atomic E-state index is 0.105. The molecule has 0 saturated heterocycles. The summed E-state index contributed by atoms with van der Waals surface area (Å²) < 4.78 is 0. The molecule has 0 aliphatic heterocycles. The summed E-state index contributed by atoms with van der Waals surface area (Å²) in [5, 5.41) is 2.89. The SMILES string of the molecule is Cc1ccc(C2=c3ccccc3=C(C(C)(C)C3=CC=C(C(C)C)CC3)CC2)cc1. The lowest BCUT2D eigenvalue weighted by atomic mass is 9.69. The van der Waals surface area contributed by atoms with Crippen molar-refractivity contribution in [2.24, 2.45) is 11.3 Å². The first-order chi connectivity index (χ1) is 13.9. The summed E-state index contributed by atoms with van der Waals surface area (Å²) in [5.41, 5.74) is 9.09. The third-order valence-corrected chi connectivity index (χ3v) is 7.08. The van der Waals surface area contributed by atoms with Crippen LogP contribution in [0, 0.1) is 18.3 Å². The smallest absolute Gasteiger partial charge is 0.00765 e. The maximum absolute atomic E-state index is 2.44. The molecule has 0 heteroatoms. The highest BCUT2D eigenvalue weighted by Gasteiger charge is 2.31. The molecule has 0 fully saturated rings. The van der Waals surface area contributed by atoms with Crippen molar-refractivity contribution >= 4 is 11.1 Å². The molecule has 4 rings (SSSR count). The Morgan fingerprint density at radius 1 is 0.759 bits per heavy atom. The molecular weight excluding hydrogens is 348 g/mol. The van der Waals surface area contributed by atoms with Crippen LogP contribution in [-0.2, 0) is 0 Å². The fraction of sp³-hybridized carbons (Fsp3) is 0.379. The molecule has 29 heavy (non-hydrogen) atoms. The van der Waals surface area contributed by atoms with Gasteiger partial charge in [0, 0.05) is 5.41 Å². The molecule has 0 atom stereocenters. The number of benzene rings is 2. The molecule has 0 amide bonds. The average Bonchev–Trinajstić information content (AvgIpc) is 2.73. The van der Waals surface area contributed by atoms with Gasteiger partial charge in [0.2, 0.25) is 0 Å². The Kier molecular flexibility index (Phi) is 5.38. The summed E-state index contributed by atoms with van der Waals surface area (Å²) in [6.45, 7) is 11.7. The van der Waals surface area contributed by atoms with Crippen LogP contribution in [0.25, 0.3) is 11.1 Å². The van der Waals surface area contributed by atoms with E-state index in [-0.39, 0.29) is 5.41 Å². The lowest BCUT2D eigenvalue weighted by Gasteiger charge is -2.35. The zero-order chi connectivity index (χ0) is 20.6. The highest BCUT2D eigenvalue weighted by molar-refractivity contribution is 5.72. The molecule has 0 heterocycles. The minimum absolute atomic E-state index is 0.105. The highest BCUT2D eigenvalue weighted by Crippen LogP contribution is 2.43. The lowest BCUT2D eigenvalue weighted by molar-refractivity contribution is 0.537. The maximum atomic E-state index is 2.44. The van der Waals surface area contributed by atoms with E-state index < -0.39 is 0 Å². The molecule has 2 aromatic rings. The number of rotatable bonds is 4. The Morgan fingerprint density at radius 3 is 2.07 bits per heavy atom. The predicted octanol–water partition coefficient (Wildman–Crippen LogP) is 6.47. The minimum Gasteiger partial charge on any atom is -0.0673 e. The van der Waals surface area contributed by atoms with Gasteiger partial charge < -0.3 is 0 Å². The van der Waals surface area contributed by atoms with Gasteiger partial charge in [-0.3, -0.25) is 0 Å². The monoisotopic (exact) mass is 382 g/mol. The van der Waals surface area contributed by atoms with E-state index in [9.17, 15) is 0 Å². The Morgan fingerprint density at radius 2 is 1.45 bits per heavy atom. The van der Waals surface area contributed by atoms with Gasteiger partial charge in [-0.1, -0.05) is 111 Å². The van der Waals surface area contributed by atoms with E-state index >= 15 is 0 Å². The molecule has 2 aliphatic rings. The largest absolute Gasteiger partial charge is 0.0673 e. The zero-order valence-corrected chi connectivity index (χ0v) is 18.7. The van der Waals surface area contributed by atoms with Gasteiger partial charge in [-0.2, -0.15) is 0 Å². The molecule has 0 unspecified atom stereocenters. The molecular formula is C29H34. The van der Waals surface area contributed by atoms with E-state index in [4.69, 9.17) is 0 Å².